The molecule has 2 amide bonds. The van der Waals surface area contributed by atoms with Crippen LogP contribution in [0.4, 0.5) is 15.8 Å². The molecule has 41 heavy (non-hydrogen) atoms. The van der Waals surface area contributed by atoms with E-state index in [0.29, 0.717) is 49.8 Å². The van der Waals surface area contributed by atoms with E-state index in [-0.39, 0.29) is 11.5 Å². The van der Waals surface area contributed by atoms with Gasteiger partial charge in [0.05, 0.1) is 32.2 Å². The topological polar surface area (TPSA) is 92.8 Å². The van der Waals surface area contributed by atoms with Gasteiger partial charge >= 0.3 is 0 Å². The first-order valence-electron chi connectivity index (χ1n) is 13.3. The highest BCUT2D eigenvalue weighted by molar-refractivity contribution is 6.05. The summed E-state index contributed by atoms with van der Waals surface area (Å²) >= 11 is 0. The molecular weight excluding hydrogens is 523 g/mol. The molecule has 0 atom stereocenters. The van der Waals surface area contributed by atoms with E-state index in [1.54, 1.807) is 31.5 Å². The maximum absolute atomic E-state index is 14.4. The Labute approximate surface area is 238 Å². The summed E-state index contributed by atoms with van der Waals surface area (Å²) in [5.74, 6) is -0.368. The molecule has 0 saturated carbocycles. The van der Waals surface area contributed by atoms with Gasteiger partial charge in [-0.25, -0.2) is 4.39 Å². The number of aryl methyl sites for hydroxylation is 1. The second kappa shape index (κ2) is 12.6. The summed E-state index contributed by atoms with van der Waals surface area (Å²) in [4.78, 5) is 32.2. The Morgan fingerprint density at radius 3 is 2.51 bits per heavy atom. The molecule has 1 aromatic heterocycles. The Bertz CT molecular complexity index is 1550. The van der Waals surface area contributed by atoms with Crippen LogP contribution in [0.3, 0.4) is 0 Å². The number of amides is 2. The van der Waals surface area contributed by atoms with Gasteiger partial charge < -0.3 is 25.0 Å². The van der Waals surface area contributed by atoms with Crippen molar-refractivity contribution < 1.29 is 23.5 Å². The number of hydrogen-bond acceptors (Lipinski definition) is 6. The van der Waals surface area contributed by atoms with Crippen molar-refractivity contribution in [2.75, 3.05) is 43.6 Å². The normalized spacial score (nSPS) is 13.0. The van der Waals surface area contributed by atoms with Gasteiger partial charge in [-0.2, -0.15) is 0 Å². The van der Waals surface area contributed by atoms with E-state index >= 15 is 0 Å². The van der Waals surface area contributed by atoms with Gasteiger partial charge in [0.25, 0.3) is 11.8 Å². The van der Waals surface area contributed by atoms with Gasteiger partial charge in [0.15, 0.2) is 0 Å². The fraction of sp³-hybridized carbons (Fsp3) is 0.219. The number of halogens is 1. The lowest BCUT2D eigenvalue weighted by atomic mass is 10.0. The Morgan fingerprint density at radius 1 is 0.976 bits per heavy atom. The molecule has 0 bridgehead atoms. The molecule has 4 aromatic rings. The van der Waals surface area contributed by atoms with Crippen molar-refractivity contribution in [1.29, 1.82) is 0 Å². The molecular formula is C32H31FN4O4. The van der Waals surface area contributed by atoms with Crippen LogP contribution in [0, 0.1) is 12.7 Å². The van der Waals surface area contributed by atoms with Crippen LogP contribution in [-0.2, 0) is 11.3 Å². The molecule has 0 aliphatic carbocycles. The zero-order chi connectivity index (χ0) is 28.8. The highest BCUT2D eigenvalue weighted by Crippen LogP contribution is 2.27. The molecule has 2 N–H and O–H groups in total. The van der Waals surface area contributed by atoms with Gasteiger partial charge in [-0.05, 0) is 66.6 Å². The zero-order valence-electron chi connectivity index (χ0n) is 22.9. The number of aromatic nitrogens is 1. The van der Waals surface area contributed by atoms with Crippen LogP contribution in [0.5, 0.6) is 5.75 Å². The number of benzene rings is 3. The van der Waals surface area contributed by atoms with Gasteiger partial charge in [-0.15, -0.1) is 0 Å². The molecule has 3 aromatic carbocycles. The van der Waals surface area contributed by atoms with Gasteiger partial charge in [0, 0.05) is 47.7 Å². The zero-order valence-corrected chi connectivity index (χ0v) is 22.9. The first kappa shape index (κ1) is 27.8. The second-order valence-corrected chi connectivity index (χ2v) is 9.72. The molecule has 210 valence electrons. The van der Waals surface area contributed by atoms with Crippen LogP contribution in [0.1, 0.15) is 32.0 Å². The second-order valence-electron chi connectivity index (χ2n) is 9.72. The average Bonchev–Trinajstić information content (AvgIpc) is 3.01. The Morgan fingerprint density at radius 2 is 1.76 bits per heavy atom. The molecule has 1 aliphatic rings. The van der Waals surface area contributed by atoms with E-state index in [9.17, 15) is 14.0 Å². The highest BCUT2D eigenvalue weighted by atomic mass is 19.1. The molecule has 1 fully saturated rings. The predicted molar refractivity (Wildman–Crippen MR) is 156 cm³/mol. The highest BCUT2D eigenvalue weighted by Gasteiger charge is 2.17. The van der Waals surface area contributed by atoms with Gasteiger partial charge in [-0.1, -0.05) is 24.3 Å². The molecule has 0 radical (unpaired) electrons. The van der Waals surface area contributed by atoms with E-state index in [4.69, 9.17) is 9.47 Å². The van der Waals surface area contributed by atoms with Crippen LogP contribution in [0.15, 0.2) is 79.0 Å². The first-order chi connectivity index (χ1) is 19.9. The molecule has 2 heterocycles. The molecule has 1 aliphatic heterocycles. The minimum Gasteiger partial charge on any atom is -0.497 e. The van der Waals surface area contributed by atoms with E-state index < -0.39 is 11.7 Å². The number of ether oxygens (including phenoxy) is 2. The lowest BCUT2D eigenvalue weighted by molar-refractivity contribution is 0.0950. The summed E-state index contributed by atoms with van der Waals surface area (Å²) in [5, 5.41) is 5.76. The smallest absolute Gasteiger partial charge is 0.255 e. The number of rotatable bonds is 8. The van der Waals surface area contributed by atoms with Crippen LogP contribution in [-0.4, -0.2) is 50.2 Å². The summed E-state index contributed by atoms with van der Waals surface area (Å²) < 4.78 is 25.0. The number of anilines is 2. The Balaban J connectivity index is 1.27. The number of carbonyl (C=O) groups is 2. The van der Waals surface area contributed by atoms with Crippen molar-refractivity contribution in [3.05, 3.63) is 107 Å². The van der Waals surface area contributed by atoms with E-state index in [2.05, 4.69) is 15.6 Å². The summed E-state index contributed by atoms with van der Waals surface area (Å²) in [7, 11) is 1.60. The molecule has 0 spiro atoms. The number of nitrogens with zero attached hydrogens (tertiary/aromatic N) is 2. The Kier molecular flexibility index (Phi) is 8.55. The number of nitrogens with one attached hydrogen (secondary N) is 2. The van der Waals surface area contributed by atoms with Gasteiger partial charge in [-0.3, -0.25) is 14.6 Å². The van der Waals surface area contributed by atoms with Crippen LogP contribution in [0.2, 0.25) is 0 Å². The van der Waals surface area contributed by atoms with Crippen LogP contribution >= 0.6 is 0 Å². The Hall–Kier alpha value is -4.76. The SMILES string of the molecule is COc1cccc(CNC(=O)c2ccc(-c3cc(NC(=O)c4cc(F)cc(N5CCOCC5)c4)cnc3C)cc2)c1. The quantitative estimate of drug-likeness (QED) is 0.310. The minimum atomic E-state index is -0.477. The van der Waals surface area contributed by atoms with Crippen LogP contribution < -0.4 is 20.3 Å². The van der Waals surface area contributed by atoms with E-state index in [0.717, 1.165) is 28.1 Å². The number of carbonyl (C=O) groups excluding carboxylic acids is 2. The third-order valence-corrected chi connectivity index (χ3v) is 6.91. The van der Waals surface area contributed by atoms with E-state index in [1.165, 1.54) is 12.1 Å². The van der Waals surface area contributed by atoms with Crippen LogP contribution in [0.25, 0.3) is 11.1 Å². The van der Waals surface area contributed by atoms with Crippen molar-refractivity contribution in [3.8, 4) is 16.9 Å². The molecule has 8 nitrogen and oxygen atoms in total. The maximum atomic E-state index is 14.4. The molecule has 1 saturated heterocycles. The summed E-state index contributed by atoms with van der Waals surface area (Å²) in [6.45, 7) is 4.64. The van der Waals surface area contributed by atoms with Gasteiger partial charge in [0.2, 0.25) is 0 Å². The van der Waals surface area contributed by atoms with Crippen molar-refractivity contribution in [2.24, 2.45) is 0 Å². The summed E-state index contributed by atoms with van der Waals surface area (Å²) in [5.41, 5.74) is 5.22. The van der Waals surface area contributed by atoms with E-state index in [1.807, 2.05) is 54.3 Å². The van der Waals surface area contributed by atoms with Crippen molar-refractivity contribution in [3.63, 3.8) is 0 Å². The predicted octanol–water partition coefficient (Wildman–Crippen LogP) is 5.22. The fourth-order valence-electron chi connectivity index (χ4n) is 4.67. The third kappa shape index (κ3) is 6.88. The number of morpholine rings is 1. The number of pyridine rings is 1. The molecule has 0 unspecified atom stereocenters. The number of hydrogen-bond donors (Lipinski definition) is 2. The first-order valence-corrected chi connectivity index (χ1v) is 13.3. The average molecular weight is 555 g/mol. The fourth-order valence-corrected chi connectivity index (χ4v) is 4.67. The standard InChI is InChI=1S/C32H31FN4O4/c1-21-30(23-6-8-24(9-7-23)31(38)35-19-22-4-3-5-29(14-22)40-2)18-27(20-34-21)36-32(39)25-15-26(33)17-28(16-25)37-10-12-41-13-11-37/h3-9,14-18,20H,10-13,19H2,1-2H3,(H,35,38)(H,36,39). The van der Waals surface area contributed by atoms with Crippen molar-refractivity contribution in [2.45, 2.75) is 13.5 Å². The van der Waals surface area contributed by atoms with Gasteiger partial charge in [0.1, 0.15) is 11.6 Å². The monoisotopic (exact) mass is 554 g/mol. The summed E-state index contributed by atoms with van der Waals surface area (Å²) in [6, 6.07) is 20.9. The number of methoxy groups -OCH3 is 1. The van der Waals surface area contributed by atoms with Crippen molar-refractivity contribution in [1.82, 2.24) is 10.3 Å². The summed E-state index contributed by atoms with van der Waals surface area (Å²) in [6.07, 6.45) is 1.57. The molecule has 5 rings (SSSR count). The third-order valence-electron chi connectivity index (χ3n) is 6.91. The van der Waals surface area contributed by atoms with Crippen molar-refractivity contribution >= 4 is 23.2 Å². The molecule has 9 heteroatoms. The lowest BCUT2D eigenvalue weighted by Gasteiger charge is -2.29. The minimum absolute atomic E-state index is 0.193. The lowest BCUT2D eigenvalue weighted by Crippen LogP contribution is -2.36. The maximum Gasteiger partial charge on any atom is 0.255 e. The largest absolute Gasteiger partial charge is 0.497 e.